The van der Waals surface area contributed by atoms with Crippen LogP contribution in [-0.4, -0.2) is 42.0 Å². The predicted octanol–water partition coefficient (Wildman–Crippen LogP) is 4.10. The van der Waals surface area contributed by atoms with E-state index in [0.29, 0.717) is 5.69 Å². The van der Waals surface area contributed by atoms with Crippen molar-refractivity contribution in [3.63, 3.8) is 0 Å². The van der Waals surface area contributed by atoms with E-state index >= 15 is 0 Å². The highest BCUT2D eigenvalue weighted by molar-refractivity contribution is 7.92. The Morgan fingerprint density at radius 2 is 1.61 bits per heavy atom. The first-order valence-corrected chi connectivity index (χ1v) is 12.0. The Kier molecular flexibility index (Phi) is 4.72. The summed E-state index contributed by atoms with van der Waals surface area (Å²) in [5.74, 6) is 0. The third-order valence-corrected chi connectivity index (χ3v) is 6.84. The van der Waals surface area contributed by atoms with Crippen LogP contribution in [0.2, 0.25) is 0 Å². The Bertz CT molecular complexity index is 1450. The molecule has 1 atom stereocenters. The van der Waals surface area contributed by atoms with Gasteiger partial charge in [0.1, 0.15) is 0 Å². The SMILES string of the molecule is CS(=O)(=O)N(CC(O)Cn1c2ccccc2c2ccccc21)c1ccc2[nH]ccc2c1. The van der Waals surface area contributed by atoms with Gasteiger partial charge in [0.2, 0.25) is 10.0 Å². The number of hydrogen-bond donors (Lipinski definition) is 2. The molecular weight excluding hydrogens is 410 g/mol. The third kappa shape index (κ3) is 3.56. The maximum absolute atomic E-state index is 12.6. The molecule has 0 saturated heterocycles. The summed E-state index contributed by atoms with van der Waals surface area (Å²) in [7, 11) is -3.57. The molecule has 0 saturated carbocycles. The fourth-order valence-corrected chi connectivity index (χ4v) is 5.23. The number of aromatic nitrogens is 2. The van der Waals surface area contributed by atoms with Crippen LogP contribution in [0, 0.1) is 0 Å². The highest BCUT2D eigenvalue weighted by Crippen LogP contribution is 2.29. The Morgan fingerprint density at radius 1 is 0.968 bits per heavy atom. The molecule has 0 amide bonds. The lowest BCUT2D eigenvalue weighted by atomic mass is 10.2. The first-order valence-electron chi connectivity index (χ1n) is 10.1. The molecule has 2 aromatic heterocycles. The lowest BCUT2D eigenvalue weighted by molar-refractivity contribution is 0.166. The normalized spacial score (nSPS) is 13.2. The fraction of sp³-hybridized carbons (Fsp3) is 0.167. The summed E-state index contributed by atoms with van der Waals surface area (Å²) in [4.78, 5) is 3.11. The topological polar surface area (TPSA) is 78.3 Å². The molecular formula is C24H23N3O3S. The van der Waals surface area contributed by atoms with Gasteiger partial charge >= 0.3 is 0 Å². The van der Waals surface area contributed by atoms with Gasteiger partial charge in [-0.05, 0) is 36.4 Å². The molecule has 0 fully saturated rings. The minimum atomic E-state index is -3.57. The molecule has 0 radical (unpaired) electrons. The van der Waals surface area contributed by atoms with E-state index in [0.717, 1.165) is 32.7 Å². The maximum Gasteiger partial charge on any atom is 0.232 e. The molecule has 6 nitrogen and oxygen atoms in total. The van der Waals surface area contributed by atoms with E-state index < -0.39 is 16.1 Å². The molecule has 5 rings (SSSR count). The summed E-state index contributed by atoms with van der Waals surface area (Å²) in [6.07, 6.45) is 2.09. The number of nitrogens with zero attached hydrogens (tertiary/aromatic N) is 2. The van der Waals surface area contributed by atoms with Gasteiger partial charge in [0.05, 0.1) is 31.1 Å². The van der Waals surface area contributed by atoms with Crippen LogP contribution in [0.1, 0.15) is 0 Å². The maximum atomic E-state index is 12.6. The zero-order chi connectivity index (χ0) is 21.6. The van der Waals surface area contributed by atoms with E-state index in [2.05, 4.69) is 21.7 Å². The minimum absolute atomic E-state index is 0.0321. The van der Waals surface area contributed by atoms with Crippen LogP contribution in [0.3, 0.4) is 0 Å². The van der Waals surface area contributed by atoms with Crippen molar-refractivity contribution in [2.75, 3.05) is 17.1 Å². The number of aromatic amines is 1. The average Bonchev–Trinajstić information content (AvgIpc) is 3.34. The van der Waals surface area contributed by atoms with Gasteiger partial charge in [-0.3, -0.25) is 4.31 Å². The van der Waals surface area contributed by atoms with Gasteiger partial charge in [0.25, 0.3) is 0 Å². The Hall–Kier alpha value is -3.29. The smallest absolute Gasteiger partial charge is 0.232 e. The zero-order valence-corrected chi connectivity index (χ0v) is 17.9. The quantitative estimate of drug-likeness (QED) is 0.423. The summed E-state index contributed by atoms with van der Waals surface area (Å²) in [6, 6.07) is 23.4. The minimum Gasteiger partial charge on any atom is -0.389 e. The number of anilines is 1. The van der Waals surface area contributed by atoms with Gasteiger partial charge in [-0.25, -0.2) is 8.42 Å². The first-order chi connectivity index (χ1) is 14.9. The van der Waals surface area contributed by atoms with Gasteiger partial charge < -0.3 is 14.7 Å². The molecule has 0 aliphatic carbocycles. The third-order valence-electron chi connectivity index (χ3n) is 5.67. The van der Waals surface area contributed by atoms with Crippen molar-refractivity contribution in [3.05, 3.63) is 79.0 Å². The summed E-state index contributed by atoms with van der Waals surface area (Å²) < 4.78 is 28.5. The number of nitrogens with one attached hydrogen (secondary N) is 1. The van der Waals surface area contributed by atoms with Gasteiger partial charge in [-0.15, -0.1) is 0 Å². The van der Waals surface area contributed by atoms with Gasteiger partial charge in [-0.1, -0.05) is 36.4 Å². The number of H-pyrrole nitrogens is 1. The monoisotopic (exact) mass is 433 g/mol. The molecule has 31 heavy (non-hydrogen) atoms. The second-order valence-corrected chi connectivity index (χ2v) is 9.75. The van der Waals surface area contributed by atoms with Crippen LogP contribution < -0.4 is 4.31 Å². The second-order valence-electron chi connectivity index (χ2n) is 7.84. The van der Waals surface area contributed by atoms with Crippen molar-refractivity contribution >= 4 is 48.4 Å². The number of aliphatic hydroxyl groups excluding tert-OH is 1. The largest absolute Gasteiger partial charge is 0.389 e. The van der Waals surface area contributed by atoms with Crippen molar-refractivity contribution in [3.8, 4) is 0 Å². The van der Waals surface area contributed by atoms with E-state index in [-0.39, 0.29) is 13.1 Å². The fourth-order valence-electron chi connectivity index (χ4n) is 4.29. The van der Waals surface area contributed by atoms with E-state index in [4.69, 9.17) is 0 Å². The van der Waals surface area contributed by atoms with Crippen molar-refractivity contribution in [1.29, 1.82) is 0 Å². The molecule has 5 aromatic rings. The van der Waals surface area contributed by atoms with Gasteiger partial charge in [0, 0.05) is 38.9 Å². The van der Waals surface area contributed by atoms with E-state index in [1.165, 1.54) is 10.6 Å². The van der Waals surface area contributed by atoms with Crippen LogP contribution in [0.4, 0.5) is 5.69 Å². The zero-order valence-electron chi connectivity index (χ0n) is 17.1. The van der Waals surface area contributed by atoms with Crippen molar-refractivity contribution in [2.45, 2.75) is 12.6 Å². The van der Waals surface area contributed by atoms with Crippen LogP contribution >= 0.6 is 0 Å². The molecule has 2 N–H and O–H groups in total. The number of benzene rings is 3. The number of para-hydroxylation sites is 2. The molecule has 0 spiro atoms. The predicted molar refractivity (Wildman–Crippen MR) is 126 cm³/mol. The van der Waals surface area contributed by atoms with Crippen LogP contribution in [0.5, 0.6) is 0 Å². The molecule has 7 heteroatoms. The lowest BCUT2D eigenvalue weighted by Gasteiger charge is -2.26. The molecule has 0 bridgehead atoms. The first kappa shape index (κ1) is 19.7. The molecule has 2 heterocycles. The number of fused-ring (bicyclic) bond motifs is 4. The molecule has 0 aliphatic rings. The van der Waals surface area contributed by atoms with Crippen LogP contribution in [0.15, 0.2) is 79.0 Å². The Labute approximate surface area is 180 Å². The van der Waals surface area contributed by atoms with Crippen LogP contribution in [-0.2, 0) is 16.6 Å². The summed E-state index contributed by atoms with van der Waals surface area (Å²) >= 11 is 0. The standard InChI is InChI=1S/C24H23N3O3S/c1-31(29,30)27(18-10-11-22-17(14-18)12-13-25-22)16-19(28)15-26-23-8-4-2-6-20(23)21-7-3-5-9-24(21)26/h2-14,19,25,28H,15-16H2,1H3. The number of aliphatic hydroxyl groups is 1. The molecule has 3 aromatic carbocycles. The average molecular weight is 434 g/mol. The van der Waals surface area contributed by atoms with Gasteiger partial charge in [0.15, 0.2) is 0 Å². The molecule has 158 valence electrons. The lowest BCUT2D eigenvalue weighted by Crippen LogP contribution is -2.38. The Morgan fingerprint density at radius 3 is 2.26 bits per heavy atom. The van der Waals surface area contributed by atoms with Gasteiger partial charge in [-0.2, -0.15) is 0 Å². The molecule has 1 unspecified atom stereocenters. The highest BCUT2D eigenvalue weighted by atomic mass is 32.2. The number of rotatable bonds is 6. The van der Waals surface area contributed by atoms with E-state index in [1.807, 2.05) is 60.8 Å². The number of sulfonamides is 1. The van der Waals surface area contributed by atoms with E-state index in [9.17, 15) is 13.5 Å². The summed E-state index contributed by atoms with van der Waals surface area (Å²) in [5.41, 5.74) is 3.50. The highest BCUT2D eigenvalue weighted by Gasteiger charge is 2.23. The van der Waals surface area contributed by atoms with E-state index in [1.54, 1.807) is 6.07 Å². The van der Waals surface area contributed by atoms with Crippen LogP contribution in [0.25, 0.3) is 32.7 Å². The second kappa shape index (κ2) is 7.44. The van der Waals surface area contributed by atoms with Crippen molar-refractivity contribution < 1.29 is 13.5 Å². The summed E-state index contributed by atoms with van der Waals surface area (Å²) in [5, 5.41) is 14.1. The van der Waals surface area contributed by atoms with Crippen molar-refractivity contribution in [2.24, 2.45) is 0 Å². The summed E-state index contributed by atoms with van der Waals surface area (Å²) in [6.45, 7) is 0.252. The number of hydrogen-bond acceptors (Lipinski definition) is 3. The molecule has 0 aliphatic heterocycles. The Balaban J connectivity index is 1.50. The van der Waals surface area contributed by atoms with Crippen molar-refractivity contribution in [1.82, 2.24) is 9.55 Å².